The van der Waals surface area contributed by atoms with Crippen molar-refractivity contribution in [2.45, 2.75) is 6.54 Å². The summed E-state index contributed by atoms with van der Waals surface area (Å²) < 4.78 is 0.590. The summed E-state index contributed by atoms with van der Waals surface area (Å²) in [6.45, 7) is 9.75. The highest BCUT2D eigenvalue weighted by Crippen LogP contribution is 2.21. The Kier molecular flexibility index (Phi) is 7.82. The fourth-order valence-electron chi connectivity index (χ4n) is 1.89. The van der Waals surface area contributed by atoms with Gasteiger partial charge in [-0.15, -0.1) is 0 Å². The number of amides is 1. The first-order valence-electron chi connectivity index (χ1n) is 7.18. The summed E-state index contributed by atoms with van der Waals surface area (Å²) in [5, 5.41) is 0.677. The van der Waals surface area contributed by atoms with Crippen molar-refractivity contribution < 1.29 is 4.79 Å². The molecule has 0 heterocycles. The lowest BCUT2D eigenvalue weighted by molar-refractivity contribution is -0.127. The molecule has 1 aromatic carbocycles. The first-order valence-corrected chi connectivity index (χ1v) is 8.35. The zero-order valence-electron chi connectivity index (χ0n) is 13.9. The molecule has 0 atom stereocenters. The molecule has 0 fully saturated rings. The highest BCUT2D eigenvalue weighted by atomic mass is 79.9. The number of benzene rings is 1. The minimum atomic E-state index is -0.124. The predicted octanol–water partition coefficient (Wildman–Crippen LogP) is 3.54. The molecule has 0 saturated heterocycles. The maximum Gasteiger partial charge on any atom is 0.269 e. The number of carbonyl (C=O) groups excluding carboxylic acids is 1. The van der Waals surface area contributed by atoms with E-state index in [0.717, 1.165) is 12.1 Å². The zero-order chi connectivity index (χ0) is 17.6. The predicted molar refractivity (Wildman–Crippen MR) is 100 cm³/mol. The number of likely N-dealkylation sites (N-methyl/N-ethyl adjacent to an activating group) is 2. The molecule has 0 radical (unpaired) electrons. The molecular weight excluding hydrogens is 378 g/mol. The van der Waals surface area contributed by atoms with Gasteiger partial charge in [-0.3, -0.25) is 4.79 Å². The summed E-state index contributed by atoms with van der Waals surface area (Å²) in [6.07, 6.45) is 0. The van der Waals surface area contributed by atoms with E-state index in [2.05, 4.69) is 29.1 Å². The van der Waals surface area contributed by atoms with Gasteiger partial charge in [0.2, 0.25) is 0 Å². The Morgan fingerprint density at radius 2 is 1.70 bits per heavy atom. The van der Waals surface area contributed by atoms with Crippen molar-refractivity contribution in [1.82, 2.24) is 14.7 Å². The largest absolute Gasteiger partial charge is 0.339 e. The van der Waals surface area contributed by atoms with Crippen LogP contribution in [0.2, 0.25) is 5.02 Å². The summed E-state index contributed by atoms with van der Waals surface area (Å²) >= 11 is 9.26. The third kappa shape index (κ3) is 6.37. The summed E-state index contributed by atoms with van der Waals surface area (Å²) in [6, 6.07) is 7.47. The van der Waals surface area contributed by atoms with Gasteiger partial charge in [-0.25, -0.2) is 0 Å². The standard InChI is InChI=1S/C17H23BrClN3O/c1-13(17(23)21(5)11-10-20(3)4)22(14(2)18)12-15-6-8-16(19)9-7-15/h6-9H,1-2,10-12H2,3-5H3. The molecular formula is C17H23BrClN3O. The Labute approximate surface area is 152 Å². The van der Waals surface area contributed by atoms with E-state index in [1.165, 1.54) is 0 Å². The van der Waals surface area contributed by atoms with Crippen LogP contribution in [-0.4, -0.2) is 54.8 Å². The molecule has 0 aliphatic carbocycles. The van der Waals surface area contributed by atoms with Crippen molar-refractivity contribution >= 4 is 33.4 Å². The lowest BCUT2D eigenvalue weighted by atomic mass is 10.2. The molecule has 0 N–H and O–H groups in total. The van der Waals surface area contributed by atoms with E-state index in [4.69, 9.17) is 11.6 Å². The third-order valence-corrected chi connectivity index (χ3v) is 4.03. The van der Waals surface area contributed by atoms with Gasteiger partial charge in [0.1, 0.15) is 5.70 Å². The Morgan fingerprint density at radius 3 is 2.17 bits per heavy atom. The number of nitrogens with zero attached hydrogens (tertiary/aromatic N) is 3. The summed E-state index contributed by atoms with van der Waals surface area (Å²) in [5.41, 5.74) is 1.39. The van der Waals surface area contributed by atoms with E-state index in [9.17, 15) is 4.79 Å². The summed E-state index contributed by atoms with van der Waals surface area (Å²) in [7, 11) is 5.72. The van der Waals surface area contributed by atoms with Crippen molar-refractivity contribution in [2.75, 3.05) is 34.2 Å². The molecule has 0 aliphatic rings. The Morgan fingerprint density at radius 1 is 1.13 bits per heavy atom. The SMILES string of the molecule is C=C(Br)N(Cc1ccc(Cl)cc1)C(=C)C(=O)N(C)CCN(C)C. The monoisotopic (exact) mass is 399 g/mol. The van der Waals surface area contributed by atoms with Crippen molar-refractivity contribution in [3.8, 4) is 0 Å². The molecule has 4 nitrogen and oxygen atoms in total. The fourth-order valence-corrected chi connectivity index (χ4v) is 2.35. The molecule has 126 valence electrons. The lowest BCUT2D eigenvalue weighted by Gasteiger charge is -2.28. The van der Waals surface area contributed by atoms with E-state index < -0.39 is 0 Å². The average Bonchev–Trinajstić information content (AvgIpc) is 2.50. The van der Waals surface area contributed by atoms with Crippen LogP contribution in [0.4, 0.5) is 0 Å². The van der Waals surface area contributed by atoms with Gasteiger partial charge in [-0.05, 0) is 47.7 Å². The first kappa shape index (κ1) is 19.7. The van der Waals surface area contributed by atoms with Crippen molar-refractivity contribution in [1.29, 1.82) is 0 Å². The minimum absolute atomic E-state index is 0.124. The molecule has 0 aromatic heterocycles. The smallest absolute Gasteiger partial charge is 0.269 e. The van der Waals surface area contributed by atoms with Crippen molar-refractivity contribution in [3.05, 3.63) is 58.3 Å². The van der Waals surface area contributed by atoms with E-state index >= 15 is 0 Å². The minimum Gasteiger partial charge on any atom is -0.339 e. The number of hydrogen-bond donors (Lipinski definition) is 0. The van der Waals surface area contributed by atoms with Crippen LogP contribution >= 0.6 is 27.5 Å². The molecule has 0 aliphatic heterocycles. The van der Waals surface area contributed by atoms with Crippen LogP contribution in [0.15, 0.2) is 47.7 Å². The van der Waals surface area contributed by atoms with E-state index in [1.807, 2.05) is 43.3 Å². The fraction of sp³-hybridized carbons (Fsp3) is 0.353. The maximum absolute atomic E-state index is 12.5. The second-order valence-electron chi connectivity index (χ2n) is 5.57. The molecule has 23 heavy (non-hydrogen) atoms. The van der Waals surface area contributed by atoms with Gasteiger partial charge in [-0.1, -0.05) is 36.9 Å². The topological polar surface area (TPSA) is 26.8 Å². The Balaban J connectivity index is 2.79. The summed E-state index contributed by atoms with van der Waals surface area (Å²) in [5.74, 6) is -0.124. The van der Waals surface area contributed by atoms with E-state index in [1.54, 1.807) is 16.8 Å². The molecule has 1 aromatic rings. The van der Waals surface area contributed by atoms with E-state index in [0.29, 0.717) is 28.4 Å². The van der Waals surface area contributed by atoms with Crippen LogP contribution in [0.5, 0.6) is 0 Å². The van der Waals surface area contributed by atoms with Crippen LogP contribution in [0, 0.1) is 0 Å². The van der Waals surface area contributed by atoms with Gasteiger partial charge < -0.3 is 14.7 Å². The van der Waals surface area contributed by atoms with Gasteiger partial charge in [-0.2, -0.15) is 0 Å². The third-order valence-electron chi connectivity index (χ3n) is 3.35. The molecule has 0 spiro atoms. The lowest BCUT2D eigenvalue weighted by Crippen LogP contribution is -2.38. The summed E-state index contributed by atoms with van der Waals surface area (Å²) in [4.78, 5) is 18.0. The quantitative estimate of drug-likeness (QED) is 0.493. The molecule has 1 amide bonds. The second kappa shape index (κ2) is 9.11. The van der Waals surface area contributed by atoms with Crippen LogP contribution in [0.3, 0.4) is 0 Å². The molecule has 6 heteroatoms. The normalized spacial score (nSPS) is 10.5. The molecule has 0 saturated carbocycles. The van der Waals surface area contributed by atoms with Gasteiger partial charge in [0.15, 0.2) is 0 Å². The molecule has 0 bridgehead atoms. The van der Waals surface area contributed by atoms with Crippen LogP contribution in [0.1, 0.15) is 5.56 Å². The van der Waals surface area contributed by atoms with Crippen LogP contribution in [0.25, 0.3) is 0 Å². The average molecular weight is 401 g/mol. The second-order valence-corrected chi connectivity index (χ2v) is 6.92. The Hall–Kier alpha value is -1.30. The highest BCUT2D eigenvalue weighted by molar-refractivity contribution is 9.11. The van der Waals surface area contributed by atoms with Gasteiger partial charge in [0, 0.05) is 31.7 Å². The Bertz CT molecular complexity index is 572. The first-order chi connectivity index (χ1) is 10.7. The van der Waals surface area contributed by atoms with Gasteiger partial charge in [0.25, 0.3) is 5.91 Å². The highest BCUT2D eigenvalue weighted by Gasteiger charge is 2.20. The maximum atomic E-state index is 12.5. The van der Waals surface area contributed by atoms with Crippen LogP contribution in [-0.2, 0) is 11.3 Å². The number of rotatable bonds is 8. The molecule has 0 unspecified atom stereocenters. The van der Waals surface area contributed by atoms with E-state index in [-0.39, 0.29) is 5.91 Å². The number of carbonyl (C=O) groups is 1. The van der Waals surface area contributed by atoms with Crippen LogP contribution < -0.4 is 0 Å². The number of halogens is 2. The number of hydrogen-bond acceptors (Lipinski definition) is 3. The molecule has 1 rings (SSSR count). The van der Waals surface area contributed by atoms with Gasteiger partial charge in [0.05, 0.1) is 4.61 Å². The van der Waals surface area contributed by atoms with Gasteiger partial charge >= 0.3 is 0 Å². The zero-order valence-corrected chi connectivity index (χ0v) is 16.2. The van der Waals surface area contributed by atoms with Crippen molar-refractivity contribution in [3.63, 3.8) is 0 Å². The van der Waals surface area contributed by atoms with Crippen molar-refractivity contribution in [2.24, 2.45) is 0 Å².